The molecule has 1 fully saturated rings. The Bertz CT molecular complexity index is 1650. The molecular formula is C36H37N5O4. The quantitative estimate of drug-likeness (QED) is 0.162. The molecule has 3 atom stereocenters. The molecule has 9 heteroatoms. The minimum Gasteiger partial charge on any atom is -0.453 e. The second-order valence-corrected chi connectivity index (χ2v) is 11.2. The highest BCUT2D eigenvalue weighted by atomic mass is 16.5. The van der Waals surface area contributed by atoms with Crippen LogP contribution in [0.3, 0.4) is 0 Å². The van der Waals surface area contributed by atoms with Crippen molar-refractivity contribution in [1.29, 1.82) is 0 Å². The number of amides is 2. The molecule has 1 saturated heterocycles. The van der Waals surface area contributed by atoms with Gasteiger partial charge in [-0.25, -0.2) is 9.78 Å². The molecule has 0 bridgehead atoms. The average Bonchev–Trinajstić information content (AvgIpc) is 3.53. The molecule has 45 heavy (non-hydrogen) atoms. The third-order valence-corrected chi connectivity index (χ3v) is 8.28. The Hall–Kier alpha value is -4.99. The number of alkyl carbamates (subject to hydrolysis) is 1. The smallest absolute Gasteiger partial charge is 0.407 e. The van der Waals surface area contributed by atoms with Crippen LogP contribution in [0.1, 0.15) is 40.8 Å². The van der Waals surface area contributed by atoms with Gasteiger partial charge in [-0.3, -0.25) is 4.79 Å². The normalized spacial score (nSPS) is 17.1. The Morgan fingerprint density at radius 3 is 2.33 bits per heavy atom. The molecule has 230 valence electrons. The lowest BCUT2D eigenvalue weighted by Crippen LogP contribution is -2.48. The Labute approximate surface area is 262 Å². The fourth-order valence-corrected chi connectivity index (χ4v) is 5.95. The van der Waals surface area contributed by atoms with Crippen molar-refractivity contribution in [2.75, 3.05) is 25.6 Å². The summed E-state index contributed by atoms with van der Waals surface area (Å²) in [6.45, 7) is 1.26. The van der Waals surface area contributed by atoms with Crippen LogP contribution in [0.25, 0.3) is 11.0 Å². The van der Waals surface area contributed by atoms with Gasteiger partial charge in [0.1, 0.15) is 11.7 Å². The van der Waals surface area contributed by atoms with Crippen molar-refractivity contribution in [1.82, 2.24) is 20.6 Å². The summed E-state index contributed by atoms with van der Waals surface area (Å²) in [5.74, 6) is -0.779. The van der Waals surface area contributed by atoms with E-state index in [2.05, 4.69) is 32.0 Å². The first kappa shape index (κ1) is 30.1. The number of morpholine rings is 1. The van der Waals surface area contributed by atoms with E-state index in [4.69, 9.17) is 9.47 Å². The van der Waals surface area contributed by atoms with Crippen LogP contribution in [-0.2, 0) is 20.7 Å². The molecule has 1 aliphatic rings. The van der Waals surface area contributed by atoms with Crippen LogP contribution in [0.15, 0.2) is 109 Å². The number of para-hydroxylation sites is 1. The predicted molar refractivity (Wildman–Crippen MR) is 174 cm³/mol. The summed E-state index contributed by atoms with van der Waals surface area (Å²) >= 11 is 0. The number of carbonyl (C=O) groups is 2. The average molecular weight is 604 g/mol. The van der Waals surface area contributed by atoms with Gasteiger partial charge in [-0.1, -0.05) is 78.9 Å². The minimum atomic E-state index is -0.932. The van der Waals surface area contributed by atoms with Gasteiger partial charge >= 0.3 is 6.09 Å². The topological polar surface area (TPSA) is 117 Å². The Morgan fingerprint density at radius 2 is 1.67 bits per heavy atom. The van der Waals surface area contributed by atoms with Crippen molar-refractivity contribution in [2.45, 2.75) is 36.9 Å². The molecule has 3 heterocycles. The lowest BCUT2D eigenvalue weighted by molar-refractivity contribution is -0.118. The highest BCUT2D eigenvalue weighted by molar-refractivity contribution is 5.98. The van der Waals surface area contributed by atoms with Crippen molar-refractivity contribution >= 4 is 28.7 Å². The fourth-order valence-electron chi connectivity index (χ4n) is 5.95. The Morgan fingerprint density at radius 1 is 0.956 bits per heavy atom. The molecule has 3 aromatic carbocycles. The van der Waals surface area contributed by atoms with Crippen LogP contribution in [0, 0.1) is 0 Å². The fraction of sp³-hybridized carbons (Fsp3) is 0.250. The number of anilines is 1. The SMILES string of the molecule is COC(=O)N[C@H](C(=O)Nc1ccccc1CC[C@@H]1CN[C@H](c2cc3cccnc3[nH]2)CO1)C(c1ccccc1)c1ccccc1. The van der Waals surface area contributed by atoms with Gasteiger partial charge in [0.05, 0.1) is 25.9 Å². The Balaban J connectivity index is 1.14. The van der Waals surface area contributed by atoms with E-state index in [1.165, 1.54) is 7.11 Å². The maximum absolute atomic E-state index is 14.0. The number of aryl methyl sites for hydroxylation is 1. The van der Waals surface area contributed by atoms with Crippen LogP contribution < -0.4 is 16.0 Å². The second kappa shape index (κ2) is 14.2. The number of carbonyl (C=O) groups excluding carboxylic acids is 2. The molecule has 5 aromatic rings. The van der Waals surface area contributed by atoms with E-state index in [0.717, 1.165) is 39.8 Å². The number of aromatic nitrogens is 2. The highest BCUT2D eigenvalue weighted by Gasteiger charge is 2.33. The molecule has 4 N–H and O–H groups in total. The number of fused-ring (bicyclic) bond motifs is 1. The van der Waals surface area contributed by atoms with Crippen LogP contribution >= 0.6 is 0 Å². The number of methoxy groups -OCH3 is 1. The molecule has 0 saturated carbocycles. The lowest BCUT2D eigenvalue weighted by atomic mass is 9.84. The van der Waals surface area contributed by atoms with Crippen LogP contribution in [0.4, 0.5) is 10.5 Å². The zero-order valence-electron chi connectivity index (χ0n) is 25.1. The lowest BCUT2D eigenvalue weighted by Gasteiger charge is -2.30. The number of nitrogens with one attached hydrogen (secondary N) is 4. The van der Waals surface area contributed by atoms with E-state index in [-0.39, 0.29) is 18.1 Å². The number of aromatic amines is 1. The van der Waals surface area contributed by atoms with E-state index in [1.54, 1.807) is 6.20 Å². The van der Waals surface area contributed by atoms with Gasteiger partial charge in [-0.05, 0) is 53.8 Å². The molecule has 0 spiro atoms. The first-order valence-corrected chi connectivity index (χ1v) is 15.2. The first-order chi connectivity index (χ1) is 22.1. The molecule has 0 radical (unpaired) electrons. The monoisotopic (exact) mass is 603 g/mol. The number of hydrogen-bond acceptors (Lipinski definition) is 6. The molecule has 1 aliphatic heterocycles. The van der Waals surface area contributed by atoms with Crippen molar-refractivity contribution in [3.8, 4) is 0 Å². The van der Waals surface area contributed by atoms with Gasteiger partial charge in [0.25, 0.3) is 0 Å². The summed E-state index contributed by atoms with van der Waals surface area (Å²) in [5.41, 5.74) is 5.43. The van der Waals surface area contributed by atoms with Crippen molar-refractivity contribution < 1.29 is 19.1 Å². The summed E-state index contributed by atoms with van der Waals surface area (Å²) in [4.78, 5) is 34.3. The largest absolute Gasteiger partial charge is 0.453 e. The van der Waals surface area contributed by atoms with Gasteiger partial charge in [-0.15, -0.1) is 0 Å². The zero-order valence-corrected chi connectivity index (χ0v) is 25.1. The van der Waals surface area contributed by atoms with E-state index in [9.17, 15) is 9.59 Å². The van der Waals surface area contributed by atoms with Gasteiger partial charge in [0, 0.05) is 35.4 Å². The van der Waals surface area contributed by atoms with E-state index < -0.39 is 18.1 Å². The van der Waals surface area contributed by atoms with Gasteiger partial charge in [0.2, 0.25) is 5.91 Å². The van der Waals surface area contributed by atoms with Gasteiger partial charge < -0.3 is 30.4 Å². The molecule has 9 nitrogen and oxygen atoms in total. The van der Waals surface area contributed by atoms with E-state index in [1.807, 2.05) is 97.1 Å². The number of H-pyrrole nitrogens is 1. The molecular weight excluding hydrogens is 566 g/mol. The zero-order chi connectivity index (χ0) is 31.0. The van der Waals surface area contributed by atoms with Crippen LogP contribution in [-0.4, -0.2) is 54.4 Å². The van der Waals surface area contributed by atoms with Gasteiger partial charge in [-0.2, -0.15) is 0 Å². The highest BCUT2D eigenvalue weighted by Crippen LogP contribution is 2.30. The minimum absolute atomic E-state index is 0.0294. The third-order valence-electron chi connectivity index (χ3n) is 8.28. The number of benzene rings is 3. The number of hydrogen-bond donors (Lipinski definition) is 4. The molecule has 6 rings (SSSR count). The summed E-state index contributed by atoms with van der Waals surface area (Å²) in [6, 6.07) is 32.4. The predicted octanol–water partition coefficient (Wildman–Crippen LogP) is 5.72. The second-order valence-electron chi connectivity index (χ2n) is 11.2. The van der Waals surface area contributed by atoms with Gasteiger partial charge in [0.15, 0.2) is 0 Å². The molecule has 0 aliphatic carbocycles. The number of nitrogens with zero attached hydrogens (tertiary/aromatic N) is 1. The molecule has 2 amide bonds. The van der Waals surface area contributed by atoms with Crippen LogP contribution in [0.5, 0.6) is 0 Å². The summed E-state index contributed by atoms with van der Waals surface area (Å²) in [6.07, 6.45) is 2.62. The summed E-state index contributed by atoms with van der Waals surface area (Å²) in [5, 5.41) is 10.6. The number of pyridine rings is 1. The van der Waals surface area contributed by atoms with E-state index >= 15 is 0 Å². The maximum atomic E-state index is 14.0. The van der Waals surface area contributed by atoms with E-state index in [0.29, 0.717) is 25.3 Å². The summed E-state index contributed by atoms with van der Waals surface area (Å²) in [7, 11) is 1.29. The maximum Gasteiger partial charge on any atom is 0.407 e. The molecule has 0 unspecified atom stereocenters. The standard InChI is InChI=1S/C36H37N5O4/c1-44-36(43)41-33(32(25-12-4-2-5-13-25)26-14-6-3-7-15-26)35(42)40-29-17-9-8-11-24(29)18-19-28-22-38-31(23-45-28)30-21-27-16-10-20-37-34(27)39-30/h2-17,20-21,28,31-33,38H,18-19,22-23H2,1H3,(H,37,39)(H,40,42)(H,41,43)/t28-,31+,33+/m1/s1. The van der Waals surface area contributed by atoms with Crippen molar-refractivity contribution in [3.05, 3.63) is 132 Å². The van der Waals surface area contributed by atoms with Crippen LogP contribution in [0.2, 0.25) is 0 Å². The molecule has 2 aromatic heterocycles. The number of ether oxygens (including phenoxy) is 2. The van der Waals surface area contributed by atoms with Crippen molar-refractivity contribution in [2.24, 2.45) is 0 Å². The first-order valence-electron chi connectivity index (χ1n) is 15.2. The third kappa shape index (κ3) is 7.22. The Kier molecular flexibility index (Phi) is 9.48. The summed E-state index contributed by atoms with van der Waals surface area (Å²) < 4.78 is 11.2. The van der Waals surface area contributed by atoms with Crippen molar-refractivity contribution in [3.63, 3.8) is 0 Å². The number of rotatable bonds is 10.